The van der Waals surface area contributed by atoms with Gasteiger partial charge in [0.2, 0.25) is 0 Å². The fourth-order valence-corrected chi connectivity index (χ4v) is 2.10. The quantitative estimate of drug-likeness (QED) is 0.802. The number of benzene rings is 1. The van der Waals surface area contributed by atoms with Gasteiger partial charge in [0.25, 0.3) is 5.91 Å². The Morgan fingerprint density at radius 1 is 1.40 bits per heavy atom. The zero-order valence-corrected chi connectivity index (χ0v) is 12.5. The topological polar surface area (TPSA) is 65.1 Å². The molecule has 4 heteroatoms. The lowest BCUT2D eigenvalue weighted by Gasteiger charge is -2.21. The van der Waals surface area contributed by atoms with Gasteiger partial charge in [-0.3, -0.25) is 4.79 Å². The van der Waals surface area contributed by atoms with Crippen LogP contribution in [-0.4, -0.2) is 28.1 Å². The van der Waals surface area contributed by atoms with Crippen LogP contribution >= 0.6 is 0 Å². The maximum atomic E-state index is 12.1. The number of fused-ring (bicyclic) bond motifs is 1. The van der Waals surface area contributed by atoms with E-state index in [1.807, 2.05) is 32.9 Å². The van der Waals surface area contributed by atoms with Crippen molar-refractivity contribution in [3.05, 3.63) is 35.0 Å². The number of H-pyrrole nitrogens is 1. The number of aromatic nitrogens is 1. The second-order valence-corrected chi connectivity index (χ2v) is 5.67. The van der Waals surface area contributed by atoms with Crippen LogP contribution < -0.4 is 5.32 Å². The number of carbonyl (C=O) groups is 1. The Labute approximate surface area is 119 Å². The van der Waals surface area contributed by atoms with Crippen LogP contribution in [-0.2, 0) is 0 Å². The predicted octanol–water partition coefficient (Wildman–Crippen LogP) is 2.68. The van der Waals surface area contributed by atoms with Crippen molar-refractivity contribution in [3.8, 4) is 0 Å². The molecular formula is C16H22N2O2. The highest BCUT2D eigenvalue weighted by Gasteiger charge is 2.19. The summed E-state index contributed by atoms with van der Waals surface area (Å²) >= 11 is 0. The Morgan fingerprint density at radius 3 is 2.75 bits per heavy atom. The van der Waals surface area contributed by atoms with Crippen molar-refractivity contribution >= 4 is 16.8 Å². The molecule has 1 unspecified atom stereocenters. The van der Waals surface area contributed by atoms with Crippen LogP contribution in [0.25, 0.3) is 10.9 Å². The Balaban J connectivity index is 2.20. The molecule has 0 saturated heterocycles. The molecule has 0 fully saturated rings. The van der Waals surface area contributed by atoms with Crippen molar-refractivity contribution in [2.45, 2.75) is 39.7 Å². The Hall–Kier alpha value is -1.81. The molecule has 0 aliphatic rings. The van der Waals surface area contributed by atoms with Crippen molar-refractivity contribution in [1.29, 1.82) is 0 Å². The molecule has 4 nitrogen and oxygen atoms in total. The van der Waals surface area contributed by atoms with Crippen molar-refractivity contribution in [2.75, 3.05) is 6.54 Å². The molecule has 2 rings (SSSR count). The van der Waals surface area contributed by atoms with Crippen LogP contribution in [0.15, 0.2) is 18.2 Å². The summed E-state index contributed by atoms with van der Waals surface area (Å²) in [5.74, 6) is -0.154. The first kappa shape index (κ1) is 14.6. The molecule has 0 bridgehead atoms. The van der Waals surface area contributed by atoms with Gasteiger partial charge >= 0.3 is 0 Å². The fraction of sp³-hybridized carbons (Fsp3) is 0.438. The third-order valence-corrected chi connectivity index (χ3v) is 3.96. The van der Waals surface area contributed by atoms with Gasteiger partial charge in [-0.25, -0.2) is 0 Å². The van der Waals surface area contributed by atoms with Crippen LogP contribution in [0, 0.1) is 13.8 Å². The molecular weight excluding hydrogens is 252 g/mol. The summed E-state index contributed by atoms with van der Waals surface area (Å²) in [6, 6.07) is 5.61. The summed E-state index contributed by atoms with van der Waals surface area (Å²) in [7, 11) is 0. The normalized spacial score (nSPS) is 14.2. The molecule has 1 heterocycles. The highest BCUT2D eigenvalue weighted by Crippen LogP contribution is 2.22. The molecule has 2 aromatic rings. The van der Waals surface area contributed by atoms with Gasteiger partial charge in [-0.1, -0.05) is 6.92 Å². The summed E-state index contributed by atoms with van der Waals surface area (Å²) in [6.45, 7) is 7.93. The minimum absolute atomic E-state index is 0.154. The van der Waals surface area contributed by atoms with E-state index in [9.17, 15) is 9.90 Å². The number of aliphatic hydroxyl groups is 1. The third kappa shape index (κ3) is 2.85. The van der Waals surface area contributed by atoms with Gasteiger partial charge in [0, 0.05) is 28.7 Å². The number of aromatic amines is 1. The number of amides is 1. The molecule has 1 atom stereocenters. The molecule has 108 valence electrons. The molecule has 0 radical (unpaired) electrons. The molecule has 3 N–H and O–H groups in total. The molecule has 0 spiro atoms. The van der Waals surface area contributed by atoms with Crippen molar-refractivity contribution in [2.24, 2.45) is 0 Å². The first-order valence-corrected chi connectivity index (χ1v) is 6.93. The summed E-state index contributed by atoms with van der Waals surface area (Å²) < 4.78 is 0. The van der Waals surface area contributed by atoms with Gasteiger partial charge < -0.3 is 15.4 Å². The largest absolute Gasteiger partial charge is 0.388 e. The number of nitrogens with one attached hydrogen (secondary N) is 2. The Bertz CT molecular complexity index is 641. The molecule has 0 aliphatic carbocycles. The van der Waals surface area contributed by atoms with E-state index in [2.05, 4.69) is 10.3 Å². The van der Waals surface area contributed by atoms with E-state index >= 15 is 0 Å². The molecule has 1 amide bonds. The van der Waals surface area contributed by atoms with Gasteiger partial charge in [-0.15, -0.1) is 0 Å². The van der Waals surface area contributed by atoms with Crippen molar-refractivity contribution in [1.82, 2.24) is 10.3 Å². The molecule has 0 aliphatic heterocycles. The third-order valence-electron chi connectivity index (χ3n) is 3.96. The highest BCUT2D eigenvalue weighted by molar-refractivity contribution is 5.99. The molecule has 20 heavy (non-hydrogen) atoms. The van der Waals surface area contributed by atoms with Crippen LogP contribution in [0.5, 0.6) is 0 Å². The van der Waals surface area contributed by atoms with Gasteiger partial charge in [0.05, 0.1) is 5.60 Å². The maximum Gasteiger partial charge on any atom is 0.251 e. The summed E-state index contributed by atoms with van der Waals surface area (Å²) in [4.78, 5) is 15.4. The standard InChI is InChI=1S/C16H22N2O2/c1-5-16(4,20)9-17-15(19)12-6-7-14-13(8-12)10(2)11(3)18-14/h6-8,18,20H,5,9H2,1-4H3,(H,17,19). The fourth-order valence-electron chi connectivity index (χ4n) is 2.10. The predicted molar refractivity (Wildman–Crippen MR) is 81.0 cm³/mol. The van der Waals surface area contributed by atoms with Crippen LogP contribution in [0.3, 0.4) is 0 Å². The van der Waals surface area contributed by atoms with Crippen LogP contribution in [0.2, 0.25) is 0 Å². The summed E-state index contributed by atoms with van der Waals surface area (Å²) in [5, 5.41) is 13.8. The lowest BCUT2D eigenvalue weighted by molar-refractivity contribution is 0.0518. The van der Waals surface area contributed by atoms with E-state index in [4.69, 9.17) is 0 Å². The number of hydrogen-bond acceptors (Lipinski definition) is 2. The molecule has 1 aromatic carbocycles. The monoisotopic (exact) mass is 274 g/mol. The number of carbonyl (C=O) groups excluding carboxylic acids is 1. The average molecular weight is 274 g/mol. The van der Waals surface area contributed by atoms with E-state index in [1.54, 1.807) is 13.0 Å². The van der Waals surface area contributed by atoms with Gasteiger partial charge in [0.15, 0.2) is 0 Å². The van der Waals surface area contributed by atoms with Crippen molar-refractivity contribution in [3.63, 3.8) is 0 Å². The van der Waals surface area contributed by atoms with Crippen LogP contribution in [0.4, 0.5) is 0 Å². The van der Waals surface area contributed by atoms with E-state index in [0.29, 0.717) is 12.0 Å². The van der Waals surface area contributed by atoms with E-state index < -0.39 is 5.60 Å². The zero-order valence-electron chi connectivity index (χ0n) is 12.5. The Kier molecular flexibility index (Phi) is 3.86. The number of hydrogen-bond donors (Lipinski definition) is 3. The van der Waals surface area contributed by atoms with Gasteiger partial charge in [-0.2, -0.15) is 0 Å². The lowest BCUT2D eigenvalue weighted by atomic mass is 10.0. The SMILES string of the molecule is CCC(C)(O)CNC(=O)c1ccc2[nH]c(C)c(C)c2c1. The summed E-state index contributed by atoms with van der Waals surface area (Å²) in [6.07, 6.45) is 0.600. The van der Waals surface area contributed by atoms with E-state index in [-0.39, 0.29) is 12.5 Å². The minimum atomic E-state index is -0.861. The van der Waals surface area contributed by atoms with Crippen molar-refractivity contribution < 1.29 is 9.90 Å². The lowest BCUT2D eigenvalue weighted by Crippen LogP contribution is -2.40. The van der Waals surface area contributed by atoms with E-state index in [1.165, 1.54) is 0 Å². The number of aryl methyl sites for hydroxylation is 2. The smallest absolute Gasteiger partial charge is 0.251 e. The average Bonchev–Trinajstić information content (AvgIpc) is 2.71. The first-order chi connectivity index (χ1) is 9.34. The van der Waals surface area contributed by atoms with Gasteiger partial charge in [-0.05, 0) is 51.0 Å². The Morgan fingerprint density at radius 2 is 2.10 bits per heavy atom. The summed E-state index contributed by atoms with van der Waals surface area (Å²) in [5.41, 5.74) is 3.07. The second kappa shape index (κ2) is 5.29. The maximum absolute atomic E-state index is 12.1. The van der Waals surface area contributed by atoms with Gasteiger partial charge in [0.1, 0.15) is 0 Å². The minimum Gasteiger partial charge on any atom is -0.388 e. The molecule has 1 aromatic heterocycles. The first-order valence-electron chi connectivity index (χ1n) is 6.93. The zero-order chi connectivity index (χ0) is 14.9. The molecule has 0 saturated carbocycles. The number of rotatable bonds is 4. The van der Waals surface area contributed by atoms with Crippen LogP contribution in [0.1, 0.15) is 41.9 Å². The van der Waals surface area contributed by atoms with E-state index in [0.717, 1.165) is 22.2 Å². The second-order valence-electron chi connectivity index (χ2n) is 5.67. The highest BCUT2D eigenvalue weighted by atomic mass is 16.3.